The Hall–Kier alpha value is -2.21. The summed E-state index contributed by atoms with van der Waals surface area (Å²) in [6.45, 7) is 0. The molecule has 1 heterocycles. The third kappa shape index (κ3) is 1.46. The summed E-state index contributed by atoms with van der Waals surface area (Å²) in [5.41, 5.74) is 0.859. The molecule has 0 aliphatic carbocycles. The molecule has 0 atom stereocenters. The SMILES string of the molecule is N#CN(c1ccccc1)c1ccc[nH]1. The highest BCUT2D eigenvalue weighted by molar-refractivity contribution is 5.63. The lowest BCUT2D eigenvalue weighted by Crippen LogP contribution is -2.08. The number of nitriles is 1. The molecule has 1 N–H and O–H groups in total. The molecule has 0 amide bonds. The summed E-state index contributed by atoms with van der Waals surface area (Å²) in [7, 11) is 0. The van der Waals surface area contributed by atoms with Gasteiger partial charge in [-0.15, -0.1) is 0 Å². The topological polar surface area (TPSA) is 42.8 Å². The first-order valence-electron chi connectivity index (χ1n) is 4.30. The Morgan fingerprint density at radius 1 is 1.07 bits per heavy atom. The van der Waals surface area contributed by atoms with Crippen molar-refractivity contribution in [2.24, 2.45) is 0 Å². The number of hydrogen-bond acceptors (Lipinski definition) is 2. The Labute approximate surface area is 82.2 Å². The van der Waals surface area contributed by atoms with Crippen molar-refractivity contribution < 1.29 is 0 Å². The van der Waals surface area contributed by atoms with Crippen LogP contribution in [-0.2, 0) is 0 Å². The van der Waals surface area contributed by atoms with Crippen LogP contribution in [0.25, 0.3) is 0 Å². The molecule has 2 aromatic rings. The number of nitrogens with one attached hydrogen (secondary N) is 1. The van der Waals surface area contributed by atoms with E-state index in [1.165, 1.54) is 0 Å². The van der Waals surface area contributed by atoms with Crippen molar-refractivity contribution in [2.75, 3.05) is 4.90 Å². The molecule has 0 bridgehead atoms. The summed E-state index contributed by atoms with van der Waals surface area (Å²) in [6.07, 6.45) is 3.92. The predicted octanol–water partition coefficient (Wildman–Crippen LogP) is 2.63. The molecule has 3 heteroatoms. The fourth-order valence-corrected chi connectivity index (χ4v) is 1.29. The summed E-state index contributed by atoms with van der Waals surface area (Å²) in [4.78, 5) is 4.53. The maximum Gasteiger partial charge on any atom is 0.190 e. The fraction of sp³-hybridized carbons (Fsp3) is 0. The van der Waals surface area contributed by atoms with Crippen LogP contribution in [0.4, 0.5) is 11.5 Å². The monoisotopic (exact) mass is 183 g/mol. The van der Waals surface area contributed by atoms with Crippen molar-refractivity contribution >= 4 is 11.5 Å². The van der Waals surface area contributed by atoms with Gasteiger partial charge in [0.15, 0.2) is 6.19 Å². The summed E-state index contributed by atoms with van der Waals surface area (Å²) in [5.74, 6) is 0.777. The first-order valence-corrected chi connectivity index (χ1v) is 4.30. The quantitative estimate of drug-likeness (QED) is 0.574. The molecule has 0 spiro atoms. The number of H-pyrrole nitrogens is 1. The zero-order valence-corrected chi connectivity index (χ0v) is 7.51. The van der Waals surface area contributed by atoms with E-state index in [1.807, 2.05) is 42.5 Å². The molecule has 68 valence electrons. The lowest BCUT2D eigenvalue weighted by molar-refractivity contribution is 1.21. The number of aromatic amines is 1. The van der Waals surface area contributed by atoms with Gasteiger partial charge in [-0.2, -0.15) is 5.26 Å². The zero-order chi connectivity index (χ0) is 9.80. The van der Waals surface area contributed by atoms with Crippen molar-refractivity contribution in [1.82, 2.24) is 4.98 Å². The van der Waals surface area contributed by atoms with Crippen LogP contribution < -0.4 is 4.90 Å². The molecule has 2 rings (SSSR count). The predicted molar refractivity (Wildman–Crippen MR) is 55.0 cm³/mol. The minimum atomic E-state index is 0.777. The largest absolute Gasteiger partial charge is 0.347 e. The first-order chi connectivity index (χ1) is 6.92. The second kappa shape index (κ2) is 3.67. The molecular formula is C11H9N3. The number of hydrogen-bond donors (Lipinski definition) is 1. The number of para-hydroxylation sites is 1. The van der Waals surface area contributed by atoms with E-state index in [4.69, 9.17) is 5.26 Å². The number of rotatable bonds is 2. The van der Waals surface area contributed by atoms with Crippen LogP contribution in [0.5, 0.6) is 0 Å². The van der Waals surface area contributed by atoms with Gasteiger partial charge >= 0.3 is 0 Å². The highest BCUT2D eigenvalue weighted by Crippen LogP contribution is 2.21. The van der Waals surface area contributed by atoms with E-state index < -0.39 is 0 Å². The van der Waals surface area contributed by atoms with Crippen LogP contribution in [0.15, 0.2) is 48.7 Å². The van der Waals surface area contributed by atoms with Crippen LogP contribution in [0.2, 0.25) is 0 Å². The average Bonchev–Trinajstić information content (AvgIpc) is 2.74. The maximum absolute atomic E-state index is 9.01. The van der Waals surface area contributed by atoms with Crippen molar-refractivity contribution in [2.45, 2.75) is 0 Å². The third-order valence-corrected chi connectivity index (χ3v) is 1.94. The summed E-state index contributed by atoms with van der Waals surface area (Å²) in [5, 5.41) is 9.01. The highest BCUT2D eigenvalue weighted by Gasteiger charge is 2.07. The van der Waals surface area contributed by atoms with E-state index in [-0.39, 0.29) is 0 Å². The minimum Gasteiger partial charge on any atom is -0.347 e. The number of benzene rings is 1. The maximum atomic E-state index is 9.01. The van der Waals surface area contributed by atoms with E-state index in [1.54, 1.807) is 11.1 Å². The van der Waals surface area contributed by atoms with Crippen molar-refractivity contribution in [3.05, 3.63) is 48.7 Å². The van der Waals surface area contributed by atoms with Crippen LogP contribution in [-0.4, -0.2) is 4.98 Å². The molecule has 1 aromatic carbocycles. The molecule has 0 unspecified atom stereocenters. The summed E-state index contributed by atoms with van der Waals surface area (Å²) < 4.78 is 0. The van der Waals surface area contributed by atoms with Gasteiger partial charge < -0.3 is 4.98 Å². The normalized spacial score (nSPS) is 9.36. The van der Waals surface area contributed by atoms with Gasteiger partial charge in [-0.3, -0.25) is 0 Å². The second-order valence-corrected chi connectivity index (χ2v) is 2.83. The van der Waals surface area contributed by atoms with Gasteiger partial charge in [0.25, 0.3) is 0 Å². The standard InChI is InChI=1S/C11H9N3/c12-9-14(11-7-4-8-13-11)10-5-2-1-3-6-10/h1-8,13H. The molecule has 1 aromatic heterocycles. The average molecular weight is 183 g/mol. The number of nitrogens with zero attached hydrogens (tertiary/aromatic N) is 2. The second-order valence-electron chi connectivity index (χ2n) is 2.83. The first kappa shape index (κ1) is 8.39. The molecule has 0 radical (unpaired) electrons. The molecule has 14 heavy (non-hydrogen) atoms. The number of anilines is 2. The van der Waals surface area contributed by atoms with Gasteiger partial charge in [-0.25, -0.2) is 4.90 Å². The minimum absolute atomic E-state index is 0.777. The molecule has 0 aliphatic heterocycles. The molecule has 3 nitrogen and oxygen atoms in total. The van der Waals surface area contributed by atoms with Gasteiger partial charge in [0, 0.05) is 6.20 Å². The lowest BCUT2D eigenvalue weighted by Gasteiger charge is -2.12. The van der Waals surface area contributed by atoms with Crippen LogP contribution in [0, 0.1) is 11.5 Å². The summed E-state index contributed by atoms with van der Waals surface area (Å²) in [6, 6.07) is 13.2. The fourth-order valence-electron chi connectivity index (χ4n) is 1.29. The van der Waals surface area contributed by atoms with Crippen LogP contribution in [0.1, 0.15) is 0 Å². The highest BCUT2D eigenvalue weighted by atomic mass is 15.2. The van der Waals surface area contributed by atoms with E-state index in [0.29, 0.717) is 0 Å². The van der Waals surface area contributed by atoms with Crippen molar-refractivity contribution in [3.63, 3.8) is 0 Å². The Morgan fingerprint density at radius 2 is 1.86 bits per heavy atom. The van der Waals surface area contributed by atoms with E-state index in [0.717, 1.165) is 11.5 Å². The lowest BCUT2D eigenvalue weighted by atomic mass is 10.3. The molecule has 0 saturated carbocycles. The molecular weight excluding hydrogens is 174 g/mol. The molecule has 0 fully saturated rings. The Kier molecular flexibility index (Phi) is 2.20. The Morgan fingerprint density at radius 3 is 2.43 bits per heavy atom. The van der Waals surface area contributed by atoms with E-state index >= 15 is 0 Å². The molecule has 0 saturated heterocycles. The molecule has 0 aliphatic rings. The Bertz CT molecular complexity index is 425. The third-order valence-electron chi connectivity index (χ3n) is 1.94. The van der Waals surface area contributed by atoms with Crippen molar-refractivity contribution in [3.8, 4) is 6.19 Å². The van der Waals surface area contributed by atoms with Gasteiger partial charge in [-0.05, 0) is 24.3 Å². The Balaban J connectivity index is 2.38. The summed E-state index contributed by atoms with van der Waals surface area (Å²) >= 11 is 0. The van der Waals surface area contributed by atoms with Gasteiger partial charge in [0.2, 0.25) is 0 Å². The zero-order valence-electron chi connectivity index (χ0n) is 7.51. The van der Waals surface area contributed by atoms with E-state index in [2.05, 4.69) is 11.2 Å². The van der Waals surface area contributed by atoms with Crippen molar-refractivity contribution in [1.29, 1.82) is 5.26 Å². The van der Waals surface area contributed by atoms with Crippen LogP contribution >= 0.6 is 0 Å². The number of aromatic nitrogens is 1. The van der Waals surface area contributed by atoms with Gasteiger partial charge in [0.1, 0.15) is 5.82 Å². The van der Waals surface area contributed by atoms with Gasteiger partial charge in [0.05, 0.1) is 5.69 Å². The van der Waals surface area contributed by atoms with Gasteiger partial charge in [-0.1, -0.05) is 18.2 Å². The smallest absolute Gasteiger partial charge is 0.190 e. The van der Waals surface area contributed by atoms with E-state index in [9.17, 15) is 0 Å². The van der Waals surface area contributed by atoms with Crippen LogP contribution in [0.3, 0.4) is 0 Å².